The van der Waals surface area contributed by atoms with Crippen LogP contribution in [-0.4, -0.2) is 25.3 Å². The smallest absolute Gasteiger partial charge is 0.311 e. The summed E-state index contributed by atoms with van der Waals surface area (Å²) in [5.74, 6) is 0.204. The summed E-state index contributed by atoms with van der Waals surface area (Å²) in [6.45, 7) is 3.58. The quantitative estimate of drug-likeness (QED) is 0.692. The minimum atomic E-state index is -0.384. The second kappa shape index (κ2) is 5.91. The number of rotatable bonds is 4. The van der Waals surface area contributed by atoms with Crippen LogP contribution in [0.4, 0.5) is 0 Å². The fraction of sp³-hybridized carbons (Fsp3) is 0.312. The van der Waals surface area contributed by atoms with Gasteiger partial charge < -0.3 is 19.3 Å². The van der Waals surface area contributed by atoms with E-state index >= 15 is 0 Å². The molecule has 0 saturated carbocycles. The van der Waals surface area contributed by atoms with Crippen molar-refractivity contribution < 1.29 is 24.1 Å². The highest BCUT2D eigenvalue weighted by atomic mass is 16.6. The number of phenolic OH excluding ortho intramolecular Hbond substituents is 1. The normalized spacial score (nSPS) is 10.5. The van der Waals surface area contributed by atoms with Gasteiger partial charge in [0.2, 0.25) is 11.5 Å². The molecule has 2 aromatic rings. The van der Waals surface area contributed by atoms with Gasteiger partial charge in [-0.15, -0.1) is 0 Å². The van der Waals surface area contributed by atoms with Crippen molar-refractivity contribution in [2.24, 2.45) is 0 Å². The second-order valence-electron chi connectivity index (χ2n) is 4.57. The molecule has 0 atom stereocenters. The minimum Gasteiger partial charge on any atom is -0.504 e. The molecule has 0 fully saturated rings. The molecule has 5 heteroatoms. The Balaban J connectivity index is 2.89. The first kappa shape index (κ1) is 15.0. The van der Waals surface area contributed by atoms with E-state index in [4.69, 9.17) is 14.2 Å². The largest absolute Gasteiger partial charge is 0.504 e. The predicted octanol–water partition coefficient (Wildman–Crippen LogP) is 3.19. The summed E-state index contributed by atoms with van der Waals surface area (Å²) in [6, 6.07) is 5.43. The standard InChI is InChI=1S/C16H18O5/c1-5-11(17)21-14-12-9(2)7-6-8-10(12)13(18)15(19-3)16(14)20-4/h6-8,18H,5H2,1-4H3. The van der Waals surface area contributed by atoms with Crippen molar-refractivity contribution in [3.63, 3.8) is 0 Å². The minimum absolute atomic E-state index is 0.0376. The molecule has 0 aliphatic carbocycles. The van der Waals surface area contributed by atoms with Crippen molar-refractivity contribution in [3.8, 4) is 23.0 Å². The number of benzene rings is 2. The van der Waals surface area contributed by atoms with Crippen molar-refractivity contribution in [2.45, 2.75) is 20.3 Å². The highest BCUT2D eigenvalue weighted by Crippen LogP contribution is 2.51. The summed E-state index contributed by atoms with van der Waals surface area (Å²) in [5.41, 5.74) is 0.864. The Morgan fingerprint density at radius 1 is 1.14 bits per heavy atom. The maximum atomic E-state index is 11.7. The first-order valence-electron chi connectivity index (χ1n) is 6.62. The molecule has 5 nitrogen and oxygen atoms in total. The van der Waals surface area contributed by atoms with Gasteiger partial charge >= 0.3 is 5.97 Å². The van der Waals surface area contributed by atoms with Crippen LogP contribution in [0, 0.1) is 6.92 Å². The molecule has 0 aliphatic rings. The lowest BCUT2D eigenvalue weighted by Gasteiger charge is -2.18. The third-order valence-electron chi connectivity index (χ3n) is 3.30. The molecule has 0 bridgehead atoms. The highest BCUT2D eigenvalue weighted by Gasteiger charge is 2.24. The van der Waals surface area contributed by atoms with E-state index in [0.717, 1.165) is 5.56 Å². The van der Waals surface area contributed by atoms with E-state index in [1.165, 1.54) is 14.2 Å². The van der Waals surface area contributed by atoms with E-state index in [2.05, 4.69) is 0 Å². The Hall–Kier alpha value is -2.43. The maximum absolute atomic E-state index is 11.7. The van der Waals surface area contributed by atoms with Gasteiger partial charge in [-0.1, -0.05) is 25.1 Å². The summed E-state index contributed by atoms with van der Waals surface area (Å²) in [4.78, 5) is 11.7. The van der Waals surface area contributed by atoms with Crippen LogP contribution in [0.2, 0.25) is 0 Å². The van der Waals surface area contributed by atoms with Crippen LogP contribution >= 0.6 is 0 Å². The van der Waals surface area contributed by atoms with Crippen LogP contribution in [0.1, 0.15) is 18.9 Å². The Kier molecular flexibility index (Phi) is 4.21. The molecule has 0 aromatic heterocycles. The average molecular weight is 290 g/mol. The zero-order valence-electron chi connectivity index (χ0n) is 12.5. The molecule has 0 heterocycles. The molecule has 1 N–H and O–H groups in total. The topological polar surface area (TPSA) is 65.0 Å². The second-order valence-corrected chi connectivity index (χ2v) is 4.57. The van der Waals surface area contributed by atoms with Crippen molar-refractivity contribution in [1.82, 2.24) is 0 Å². The number of carbonyl (C=O) groups excluding carboxylic acids is 1. The Morgan fingerprint density at radius 3 is 2.38 bits per heavy atom. The highest BCUT2D eigenvalue weighted by molar-refractivity contribution is 6.01. The number of hydrogen-bond acceptors (Lipinski definition) is 5. The van der Waals surface area contributed by atoms with Gasteiger partial charge in [0.25, 0.3) is 0 Å². The van der Waals surface area contributed by atoms with E-state index in [1.54, 1.807) is 13.0 Å². The SMILES string of the molecule is CCC(=O)Oc1c(OC)c(OC)c(O)c2cccc(C)c12. The number of aryl methyl sites for hydroxylation is 1. The molecular formula is C16H18O5. The van der Waals surface area contributed by atoms with Crippen LogP contribution in [0.3, 0.4) is 0 Å². The van der Waals surface area contributed by atoms with Gasteiger partial charge in [-0.25, -0.2) is 0 Å². The third-order valence-corrected chi connectivity index (χ3v) is 3.30. The lowest BCUT2D eigenvalue weighted by molar-refractivity contribution is -0.134. The average Bonchev–Trinajstić information content (AvgIpc) is 2.49. The van der Waals surface area contributed by atoms with E-state index < -0.39 is 0 Å². The molecule has 0 saturated heterocycles. The first-order chi connectivity index (χ1) is 10.0. The van der Waals surface area contributed by atoms with Crippen LogP contribution in [0.25, 0.3) is 10.8 Å². The fourth-order valence-corrected chi connectivity index (χ4v) is 2.27. The number of carbonyl (C=O) groups is 1. The summed E-state index contributed by atoms with van der Waals surface area (Å²) >= 11 is 0. The number of aromatic hydroxyl groups is 1. The lowest BCUT2D eigenvalue weighted by atomic mass is 10.0. The molecule has 2 rings (SSSR count). The number of ether oxygens (including phenoxy) is 3. The lowest BCUT2D eigenvalue weighted by Crippen LogP contribution is -2.08. The van der Waals surface area contributed by atoms with E-state index in [1.807, 2.05) is 19.1 Å². The van der Waals surface area contributed by atoms with Gasteiger partial charge in [0.1, 0.15) is 0 Å². The third kappa shape index (κ3) is 2.46. The molecule has 0 spiro atoms. The molecular weight excluding hydrogens is 272 g/mol. The predicted molar refractivity (Wildman–Crippen MR) is 79.4 cm³/mol. The molecule has 0 radical (unpaired) electrons. The van der Waals surface area contributed by atoms with E-state index in [0.29, 0.717) is 10.8 Å². The summed E-state index contributed by atoms with van der Waals surface area (Å²) < 4.78 is 15.9. The summed E-state index contributed by atoms with van der Waals surface area (Å²) in [6.07, 6.45) is 0.236. The number of hydrogen-bond donors (Lipinski definition) is 1. The molecule has 112 valence electrons. The van der Waals surface area contributed by atoms with Gasteiger partial charge in [-0.05, 0) is 12.5 Å². The zero-order valence-corrected chi connectivity index (χ0v) is 12.5. The maximum Gasteiger partial charge on any atom is 0.311 e. The molecule has 0 amide bonds. The van der Waals surface area contributed by atoms with E-state index in [9.17, 15) is 9.90 Å². The van der Waals surface area contributed by atoms with Gasteiger partial charge in [0, 0.05) is 17.2 Å². The van der Waals surface area contributed by atoms with Crippen LogP contribution in [0.15, 0.2) is 18.2 Å². The number of fused-ring (bicyclic) bond motifs is 1. The molecule has 21 heavy (non-hydrogen) atoms. The Morgan fingerprint density at radius 2 is 1.81 bits per heavy atom. The Labute approximate surface area is 123 Å². The van der Waals surface area contributed by atoms with Crippen molar-refractivity contribution >= 4 is 16.7 Å². The number of phenols is 1. The Bertz CT molecular complexity index is 691. The van der Waals surface area contributed by atoms with Crippen LogP contribution in [0.5, 0.6) is 23.0 Å². The van der Waals surface area contributed by atoms with Crippen molar-refractivity contribution in [2.75, 3.05) is 14.2 Å². The van der Waals surface area contributed by atoms with Crippen LogP contribution in [-0.2, 0) is 4.79 Å². The van der Waals surface area contributed by atoms with Gasteiger partial charge in [-0.3, -0.25) is 4.79 Å². The number of esters is 1. The summed E-state index contributed by atoms with van der Waals surface area (Å²) in [7, 11) is 2.86. The van der Waals surface area contributed by atoms with Crippen molar-refractivity contribution in [1.29, 1.82) is 0 Å². The summed E-state index contributed by atoms with van der Waals surface area (Å²) in [5, 5.41) is 11.5. The first-order valence-corrected chi connectivity index (χ1v) is 6.62. The zero-order chi connectivity index (χ0) is 15.6. The fourth-order valence-electron chi connectivity index (χ4n) is 2.27. The van der Waals surface area contributed by atoms with Crippen LogP contribution < -0.4 is 14.2 Å². The van der Waals surface area contributed by atoms with Gasteiger partial charge in [-0.2, -0.15) is 0 Å². The van der Waals surface area contributed by atoms with Crippen molar-refractivity contribution in [3.05, 3.63) is 23.8 Å². The monoisotopic (exact) mass is 290 g/mol. The van der Waals surface area contributed by atoms with Gasteiger partial charge in [0.05, 0.1) is 14.2 Å². The van der Waals surface area contributed by atoms with E-state index in [-0.39, 0.29) is 35.4 Å². The molecule has 0 unspecified atom stereocenters. The number of methoxy groups -OCH3 is 2. The molecule has 2 aromatic carbocycles. The van der Waals surface area contributed by atoms with Gasteiger partial charge in [0.15, 0.2) is 11.5 Å². The molecule has 0 aliphatic heterocycles.